The minimum atomic E-state index is 0.561. The predicted molar refractivity (Wildman–Crippen MR) is 82.1 cm³/mol. The molecular weight excluding hydrogens is 353 g/mol. The van der Waals surface area contributed by atoms with Gasteiger partial charge in [0.25, 0.3) is 0 Å². The third kappa shape index (κ3) is 2.21. The monoisotopic (exact) mass is 365 g/mol. The quantitative estimate of drug-likeness (QED) is 0.720. The molecule has 0 bridgehead atoms. The highest BCUT2D eigenvalue weighted by atomic mass is 127. The van der Waals surface area contributed by atoms with Gasteiger partial charge in [-0.2, -0.15) is 0 Å². The number of fused-ring (bicyclic) bond motifs is 1. The summed E-state index contributed by atoms with van der Waals surface area (Å²) in [5.41, 5.74) is 7.68. The molecule has 0 radical (unpaired) electrons. The lowest BCUT2D eigenvalue weighted by Crippen LogP contribution is -2.11. The van der Waals surface area contributed by atoms with E-state index in [1.165, 1.54) is 0 Å². The third-order valence-corrected chi connectivity index (χ3v) is 3.62. The lowest BCUT2D eigenvalue weighted by Gasteiger charge is -2.08. The first-order valence-corrected chi connectivity index (χ1v) is 7.01. The molecule has 0 spiro atoms. The van der Waals surface area contributed by atoms with E-state index in [0.717, 1.165) is 32.7 Å². The Hall–Kier alpha value is -1.54. The molecule has 0 aliphatic heterocycles. The van der Waals surface area contributed by atoms with E-state index in [0.29, 0.717) is 6.54 Å². The number of aromatic nitrogens is 4. The zero-order valence-corrected chi connectivity index (χ0v) is 12.3. The van der Waals surface area contributed by atoms with E-state index >= 15 is 0 Å². The van der Waals surface area contributed by atoms with Crippen LogP contribution in [-0.2, 0) is 6.42 Å². The average Bonchev–Trinajstić information content (AvgIpc) is 2.78. The summed E-state index contributed by atoms with van der Waals surface area (Å²) in [5.74, 6) is 1.79. The zero-order chi connectivity index (χ0) is 13.2. The van der Waals surface area contributed by atoms with Crippen LogP contribution in [0.2, 0.25) is 0 Å². The van der Waals surface area contributed by atoms with Gasteiger partial charge in [0.2, 0.25) is 0 Å². The van der Waals surface area contributed by atoms with Crippen LogP contribution in [0.3, 0.4) is 0 Å². The van der Waals surface area contributed by atoms with Crippen LogP contribution in [0.15, 0.2) is 36.8 Å². The van der Waals surface area contributed by atoms with Crippen LogP contribution in [0.4, 0.5) is 0 Å². The van der Waals surface area contributed by atoms with Crippen molar-refractivity contribution in [1.82, 2.24) is 19.5 Å². The molecule has 0 unspecified atom stereocenters. The molecule has 0 fully saturated rings. The minimum absolute atomic E-state index is 0.561. The van der Waals surface area contributed by atoms with Crippen molar-refractivity contribution < 1.29 is 0 Å². The Kier molecular flexibility index (Phi) is 3.43. The van der Waals surface area contributed by atoms with Gasteiger partial charge in [-0.3, -0.25) is 4.57 Å². The largest absolute Gasteiger partial charge is 0.330 e. The second-order valence-electron chi connectivity index (χ2n) is 4.09. The van der Waals surface area contributed by atoms with Crippen molar-refractivity contribution in [1.29, 1.82) is 0 Å². The molecular formula is C13H12IN5. The molecule has 1 aromatic carbocycles. The van der Waals surface area contributed by atoms with Gasteiger partial charge >= 0.3 is 0 Å². The van der Waals surface area contributed by atoms with Crippen molar-refractivity contribution in [2.75, 3.05) is 6.54 Å². The van der Waals surface area contributed by atoms with Gasteiger partial charge in [0.1, 0.15) is 12.2 Å². The van der Waals surface area contributed by atoms with Crippen molar-refractivity contribution in [3.8, 4) is 5.82 Å². The van der Waals surface area contributed by atoms with Crippen molar-refractivity contribution >= 4 is 33.6 Å². The SMILES string of the molecule is NCCc1nc2ccccc2n1-c1ncncc1I. The first-order valence-electron chi connectivity index (χ1n) is 5.93. The molecule has 2 heterocycles. The second-order valence-corrected chi connectivity index (χ2v) is 5.25. The molecule has 0 amide bonds. The molecule has 19 heavy (non-hydrogen) atoms. The van der Waals surface area contributed by atoms with E-state index in [2.05, 4.69) is 42.1 Å². The molecule has 0 saturated carbocycles. The fourth-order valence-corrected chi connectivity index (χ4v) is 2.62. The van der Waals surface area contributed by atoms with Crippen LogP contribution in [-0.4, -0.2) is 26.1 Å². The molecule has 0 aliphatic rings. The molecule has 0 saturated heterocycles. The number of benzene rings is 1. The summed E-state index contributed by atoms with van der Waals surface area (Å²) in [6.07, 6.45) is 4.07. The maximum Gasteiger partial charge on any atom is 0.155 e. The molecule has 0 atom stereocenters. The van der Waals surface area contributed by atoms with Crippen LogP contribution < -0.4 is 5.73 Å². The summed E-state index contributed by atoms with van der Waals surface area (Å²) in [4.78, 5) is 13.0. The van der Waals surface area contributed by atoms with Crippen molar-refractivity contribution in [3.63, 3.8) is 0 Å². The van der Waals surface area contributed by atoms with Crippen molar-refractivity contribution in [2.24, 2.45) is 5.73 Å². The smallest absolute Gasteiger partial charge is 0.155 e. The van der Waals surface area contributed by atoms with Gasteiger partial charge in [0.05, 0.1) is 14.6 Å². The highest BCUT2D eigenvalue weighted by Gasteiger charge is 2.14. The van der Waals surface area contributed by atoms with Crippen LogP contribution in [0.25, 0.3) is 16.9 Å². The maximum absolute atomic E-state index is 5.68. The Balaban J connectivity index is 2.31. The first-order chi connectivity index (χ1) is 9.31. The fraction of sp³-hybridized carbons (Fsp3) is 0.154. The molecule has 5 nitrogen and oxygen atoms in total. The summed E-state index contributed by atoms with van der Waals surface area (Å²) >= 11 is 2.23. The van der Waals surface area contributed by atoms with Crippen LogP contribution >= 0.6 is 22.6 Å². The van der Waals surface area contributed by atoms with Gasteiger partial charge in [-0.15, -0.1) is 0 Å². The van der Waals surface area contributed by atoms with Crippen molar-refractivity contribution in [2.45, 2.75) is 6.42 Å². The minimum Gasteiger partial charge on any atom is -0.330 e. The molecule has 2 N–H and O–H groups in total. The second kappa shape index (κ2) is 5.22. The van der Waals surface area contributed by atoms with Crippen LogP contribution in [0.1, 0.15) is 5.82 Å². The number of halogens is 1. The summed E-state index contributed by atoms with van der Waals surface area (Å²) in [5, 5.41) is 0. The first kappa shape index (κ1) is 12.5. The fourth-order valence-electron chi connectivity index (χ4n) is 2.08. The molecule has 96 valence electrons. The Bertz CT molecular complexity index is 722. The summed E-state index contributed by atoms with van der Waals surface area (Å²) in [7, 11) is 0. The van der Waals surface area contributed by atoms with E-state index in [9.17, 15) is 0 Å². The Labute approximate surface area is 124 Å². The van der Waals surface area contributed by atoms with Gasteiger partial charge in [0, 0.05) is 12.6 Å². The van der Waals surface area contributed by atoms with Crippen LogP contribution in [0.5, 0.6) is 0 Å². The number of hydrogen-bond acceptors (Lipinski definition) is 4. The Morgan fingerprint density at radius 3 is 2.89 bits per heavy atom. The number of hydrogen-bond donors (Lipinski definition) is 1. The number of nitrogens with two attached hydrogens (primary N) is 1. The molecule has 0 aliphatic carbocycles. The summed E-state index contributed by atoms with van der Waals surface area (Å²) < 4.78 is 3.05. The van der Waals surface area contributed by atoms with Crippen molar-refractivity contribution in [3.05, 3.63) is 46.2 Å². The van der Waals surface area contributed by atoms with E-state index in [4.69, 9.17) is 5.73 Å². The van der Waals surface area contributed by atoms with Crippen LogP contribution in [0, 0.1) is 3.57 Å². The standard InChI is InChI=1S/C13H12IN5/c14-9-7-16-8-17-13(9)19-11-4-2-1-3-10(11)18-12(19)5-6-15/h1-4,7-8H,5-6,15H2. The number of imidazole rings is 1. The maximum atomic E-state index is 5.68. The average molecular weight is 365 g/mol. The highest BCUT2D eigenvalue weighted by molar-refractivity contribution is 14.1. The van der Waals surface area contributed by atoms with E-state index < -0.39 is 0 Å². The van der Waals surface area contributed by atoms with Gasteiger partial charge in [-0.1, -0.05) is 12.1 Å². The molecule has 2 aromatic heterocycles. The van der Waals surface area contributed by atoms with E-state index in [1.54, 1.807) is 12.5 Å². The number of rotatable bonds is 3. The lowest BCUT2D eigenvalue weighted by molar-refractivity contribution is 0.828. The zero-order valence-electron chi connectivity index (χ0n) is 10.1. The molecule has 3 aromatic rings. The van der Waals surface area contributed by atoms with Gasteiger partial charge in [-0.25, -0.2) is 15.0 Å². The normalized spacial score (nSPS) is 11.1. The highest BCUT2D eigenvalue weighted by Crippen LogP contribution is 2.23. The van der Waals surface area contributed by atoms with Gasteiger partial charge in [-0.05, 0) is 41.3 Å². The number of nitrogens with zero attached hydrogens (tertiary/aromatic N) is 4. The lowest BCUT2D eigenvalue weighted by atomic mass is 10.3. The third-order valence-electron chi connectivity index (χ3n) is 2.86. The van der Waals surface area contributed by atoms with E-state index in [-0.39, 0.29) is 0 Å². The Morgan fingerprint density at radius 2 is 2.11 bits per heavy atom. The van der Waals surface area contributed by atoms with Gasteiger partial charge < -0.3 is 5.73 Å². The summed E-state index contributed by atoms with van der Waals surface area (Å²) in [6.45, 7) is 0.561. The topological polar surface area (TPSA) is 69.6 Å². The molecule has 3 rings (SSSR count). The van der Waals surface area contributed by atoms with E-state index in [1.807, 2.05) is 24.3 Å². The summed E-state index contributed by atoms with van der Waals surface area (Å²) in [6, 6.07) is 8.03. The molecule has 6 heteroatoms. The number of para-hydroxylation sites is 2. The predicted octanol–water partition coefficient (Wildman–Crippen LogP) is 1.92. The van der Waals surface area contributed by atoms with Gasteiger partial charge in [0.15, 0.2) is 5.82 Å². The Morgan fingerprint density at radius 1 is 1.26 bits per heavy atom.